The van der Waals surface area contributed by atoms with Crippen LogP contribution in [-0.2, 0) is 0 Å². The van der Waals surface area contributed by atoms with Gasteiger partial charge < -0.3 is 11.1 Å². The first-order valence-electron chi connectivity index (χ1n) is 7.35. The fraction of sp³-hybridized carbons (Fsp3) is 0.111. The number of hydrogen-bond donors (Lipinski definition) is 2. The number of anilines is 1. The van der Waals surface area contributed by atoms with Crippen LogP contribution in [0.15, 0.2) is 67.0 Å². The maximum atomic E-state index is 6.19. The highest BCUT2D eigenvalue weighted by molar-refractivity contribution is 6.30. The molecule has 1 heterocycles. The first-order chi connectivity index (χ1) is 11.2. The van der Waals surface area contributed by atoms with Gasteiger partial charge in [0.25, 0.3) is 0 Å². The Morgan fingerprint density at radius 3 is 2.54 bits per heavy atom. The van der Waals surface area contributed by atoms with Crippen LogP contribution in [0.25, 0.3) is 11.3 Å². The molecule has 0 radical (unpaired) electrons. The lowest BCUT2D eigenvalue weighted by Gasteiger charge is -2.13. The minimum Gasteiger partial charge on any atom is -0.368 e. The molecule has 0 amide bonds. The molecular weight excluding hydrogens is 343 g/mol. The number of aromatic nitrogens is 2. The summed E-state index contributed by atoms with van der Waals surface area (Å²) in [4.78, 5) is 8.54. The van der Waals surface area contributed by atoms with Gasteiger partial charge in [-0.15, -0.1) is 12.4 Å². The summed E-state index contributed by atoms with van der Waals surface area (Å²) in [5, 5.41) is 3.94. The van der Waals surface area contributed by atoms with Crippen molar-refractivity contribution >= 4 is 29.8 Å². The third kappa shape index (κ3) is 4.68. The predicted octanol–water partition coefficient (Wildman–Crippen LogP) is 4.33. The van der Waals surface area contributed by atoms with Crippen molar-refractivity contribution in [3.8, 4) is 11.3 Å². The zero-order valence-electron chi connectivity index (χ0n) is 12.9. The van der Waals surface area contributed by atoms with Crippen molar-refractivity contribution in [1.29, 1.82) is 0 Å². The average Bonchev–Trinajstić information content (AvgIpc) is 2.61. The molecule has 0 bridgehead atoms. The van der Waals surface area contributed by atoms with Crippen LogP contribution in [0.4, 0.5) is 5.82 Å². The van der Waals surface area contributed by atoms with Crippen molar-refractivity contribution in [2.24, 2.45) is 5.73 Å². The van der Waals surface area contributed by atoms with Crippen LogP contribution in [0.3, 0.4) is 0 Å². The second-order valence-corrected chi connectivity index (χ2v) is 5.63. The number of rotatable bonds is 5. The third-order valence-corrected chi connectivity index (χ3v) is 3.75. The second kappa shape index (κ2) is 8.64. The quantitative estimate of drug-likeness (QED) is 0.710. The normalized spacial score (nSPS) is 11.4. The maximum Gasteiger partial charge on any atom is 0.130 e. The Balaban J connectivity index is 0.00000208. The molecule has 0 aliphatic carbocycles. The highest BCUT2D eigenvalue weighted by Crippen LogP contribution is 2.22. The van der Waals surface area contributed by atoms with Gasteiger partial charge in [-0.05, 0) is 17.7 Å². The standard InChI is InChI=1S/C18H17ClN4.ClH/c19-15-8-4-7-14(9-15)17-10-18(23-12-22-17)21-11-16(20)13-5-2-1-3-6-13;/h1-10,12,16H,11,20H2,(H,21,22,23);1H. The maximum absolute atomic E-state index is 6.19. The van der Waals surface area contributed by atoms with E-state index in [0.29, 0.717) is 11.6 Å². The molecule has 4 nitrogen and oxygen atoms in total. The van der Waals surface area contributed by atoms with Gasteiger partial charge in [-0.25, -0.2) is 9.97 Å². The molecule has 6 heteroatoms. The second-order valence-electron chi connectivity index (χ2n) is 5.20. The van der Waals surface area contributed by atoms with Crippen molar-refractivity contribution in [2.75, 3.05) is 11.9 Å². The molecule has 3 N–H and O–H groups in total. The van der Waals surface area contributed by atoms with E-state index < -0.39 is 0 Å². The van der Waals surface area contributed by atoms with E-state index in [1.165, 1.54) is 6.33 Å². The number of benzene rings is 2. The summed E-state index contributed by atoms with van der Waals surface area (Å²) in [5.41, 5.74) is 9.05. The van der Waals surface area contributed by atoms with Crippen LogP contribution in [0, 0.1) is 0 Å². The zero-order valence-corrected chi connectivity index (χ0v) is 14.5. The zero-order chi connectivity index (χ0) is 16.1. The van der Waals surface area contributed by atoms with E-state index in [0.717, 1.165) is 22.6 Å². The van der Waals surface area contributed by atoms with Gasteiger partial charge in [-0.3, -0.25) is 0 Å². The minimum absolute atomic E-state index is 0. The Hall–Kier alpha value is -2.14. The van der Waals surface area contributed by atoms with Gasteiger partial charge >= 0.3 is 0 Å². The lowest BCUT2D eigenvalue weighted by Crippen LogP contribution is -2.20. The fourth-order valence-electron chi connectivity index (χ4n) is 2.29. The molecule has 124 valence electrons. The molecule has 2 aromatic carbocycles. The van der Waals surface area contributed by atoms with Gasteiger partial charge in [0.15, 0.2) is 0 Å². The lowest BCUT2D eigenvalue weighted by molar-refractivity contribution is 0.761. The molecule has 0 spiro atoms. The van der Waals surface area contributed by atoms with Crippen LogP contribution in [0.2, 0.25) is 5.02 Å². The highest BCUT2D eigenvalue weighted by atomic mass is 35.5. The summed E-state index contributed by atoms with van der Waals surface area (Å²) in [6.07, 6.45) is 1.53. The number of nitrogens with zero attached hydrogens (tertiary/aromatic N) is 2. The minimum atomic E-state index is -0.0965. The lowest BCUT2D eigenvalue weighted by atomic mass is 10.1. The predicted molar refractivity (Wildman–Crippen MR) is 102 cm³/mol. The average molecular weight is 361 g/mol. The van der Waals surface area contributed by atoms with Crippen molar-refractivity contribution in [1.82, 2.24) is 9.97 Å². The third-order valence-electron chi connectivity index (χ3n) is 3.52. The van der Waals surface area contributed by atoms with Gasteiger partial charge in [-0.2, -0.15) is 0 Å². The smallest absolute Gasteiger partial charge is 0.130 e. The summed E-state index contributed by atoms with van der Waals surface area (Å²) >= 11 is 6.03. The summed E-state index contributed by atoms with van der Waals surface area (Å²) in [6, 6.07) is 19.4. The molecule has 0 fully saturated rings. The van der Waals surface area contributed by atoms with E-state index in [2.05, 4.69) is 15.3 Å². The highest BCUT2D eigenvalue weighted by Gasteiger charge is 2.07. The number of nitrogens with two attached hydrogens (primary N) is 1. The molecule has 3 aromatic rings. The molecule has 1 unspecified atom stereocenters. The number of nitrogens with one attached hydrogen (secondary N) is 1. The van der Waals surface area contributed by atoms with Gasteiger partial charge in [-0.1, -0.05) is 54.1 Å². The first-order valence-corrected chi connectivity index (χ1v) is 7.72. The van der Waals surface area contributed by atoms with Crippen LogP contribution in [0.1, 0.15) is 11.6 Å². The molecule has 0 saturated heterocycles. The van der Waals surface area contributed by atoms with E-state index in [4.69, 9.17) is 17.3 Å². The summed E-state index contributed by atoms with van der Waals surface area (Å²) in [7, 11) is 0. The number of halogens is 2. The van der Waals surface area contributed by atoms with Crippen LogP contribution in [0.5, 0.6) is 0 Å². The molecule has 3 rings (SSSR count). The van der Waals surface area contributed by atoms with Gasteiger partial charge in [0, 0.05) is 29.2 Å². The monoisotopic (exact) mass is 360 g/mol. The van der Waals surface area contributed by atoms with Crippen LogP contribution >= 0.6 is 24.0 Å². The van der Waals surface area contributed by atoms with E-state index in [1.807, 2.05) is 60.7 Å². The fourth-order valence-corrected chi connectivity index (χ4v) is 2.48. The van der Waals surface area contributed by atoms with Crippen molar-refractivity contribution in [3.05, 3.63) is 77.6 Å². The largest absolute Gasteiger partial charge is 0.368 e. The molecule has 24 heavy (non-hydrogen) atoms. The van der Waals surface area contributed by atoms with Gasteiger partial charge in [0.05, 0.1) is 5.69 Å². The molecule has 0 aliphatic heterocycles. The Labute approximate surface area is 152 Å². The topological polar surface area (TPSA) is 63.8 Å². The van der Waals surface area contributed by atoms with E-state index in [-0.39, 0.29) is 18.4 Å². The molecule has 1 atom stereocenters. The number of hydrogen-bond acceptors (Lipinski definition) is 4. The van der Waals surface area contributed by atoms with E-state index >= 15 is 0 Å². The van der Waals surface area contributed by atoms with Crippen LogP contribution in [-0.4, -0.2) is 16.5 Å². The van der Waals surface area contributed by atoms with E-state index in [1.54, 1.807) is 0 Å². The molecule has 1 aromatic heterocycles. The Kier molecular flexibility index (Phi) is 6.55. The summed E-state index contributed by atoms with van der Waals surface area (Å²) in [5.74, 6) is 0.737. The molecular formula is C18H18Cl2N4. The Morgan fingerprint density at radius 2 is 1.79 bits per heavy atom. The van der Waals surface area contributed by atoms with Crippen LogP contribution < -0.4 is 11.1 Å². The SMILES string of the molecule is Cl.NC(CNc1cc(-c2cccc(Cl)c2)ncn1)c1ccccc1. The van der Waals surface area contributed by atoms with Crippen molar-refractivity contribution in [3.63, 3.8) is 0 Å². The van der Waals surface area contributed by atoms with Crippen molar-refractivity contribution < 1.29 is 0 Å². The van der Waals surface area contributed by atoms with Crippen molar-refractivity contribution in [2.45, 2.75) is 6.04 Å². The molecule has 0 saturated carbocycles. The van der Waals surface area contributed by atoms with E-state index in [9.17, 15) is 0 Å². The first kappa shape index (κ1) is 18.2. The molecule has 0 aliphatic rings. The summed E-state index contributed by atoms with van der Waals surface area (Å²) in [6.45, 7) is 0.593. The Bertz CT molecular complexity index is 781. The Morgan fingerprint density at radius 1 is 1.00 bits per heavy atom. The van der Waals surface area contributed by atoms with Gasteiger partial charge in [0.1, 0.15) is 12.1 Å². The summed E-state index contributed by atoms with van der Waals surface area (Å²) < 4.78 is 0. The van der Waals surface area contributed by atoms with Gasteiger partial charge in [0.2, 0.25) is 0 Å².